The molecule has 11 heavy (non-hydrogen) atoms. The third kappa shape index (κ3) is 1.20. The van der Waals surface area contributed by atoms with E-state index in [-0.39, 0.29) is 0 Å². The molecule has 0 aliphatic carbocycles. The van der Waals surface area contributed by atoms with E-state index in [1.807, 2.05) is 12.2 Å². The van der Waals surface area contributed by atoms with Crippen LogP contribution in [0.15, 0.2) is 18.6 Å². The second-order valence-electron chi connectivity index (χ2n) is 2.13. The van der Waals surface area contributed by atoms with E-state index in [4.69, 9.17) is 4.84 Å². The Balaban J connectivity index is 2.45. The summed E-state index contributed by atoms with van der Waals surface area (Å²) < 4.78 is 0. The summed E-state index contributed by atoms with van der Waals surface area (Å²) in [5.74, 6) is 0.668. The minimum Gasteiger partial charge on any atom is -0.404 e. The molecule has 1 aliphatic rings. The van der Waals surface area contributed by atoms with Crippen molar-refractivity contribution in [3.63, 3.8) is 0 Å². The molecule has 4 nitrogen and oxygen atoms in total. The highest BCUT2D eigenvalue weighted by atomic mass is 16.6. The summed E-state index contributed by atoms with van der Waals surface area (Å²) in [7, 11) is 0. The largest absolute Gasteiger partial charge is 0.404 e. The molecule has 0 atom stereocenters. The van der Waals surface area contributed by atoms with Gasteiger partial charge in [-0.3, -0.25) is 0 Å². The van der Waals surface area contributed by atoms with Gasteiger partial charge < -0.3 is 4.84 Å². The highest BCUT2D eigenvalue weighted by Gasteiger charge is 2.03. The maximum Gasteiger partial charge on any atom is 0.191 e. The van der Waals surface area contributed by atoms with Crippen molar-refractivity contribution in [2.45, 2.75) is 0 Å². The number of nitrogens with one attached hydrogen (secondary N) is 1. The molecular weight excluding hydrogens is 142 g/mol. The predicted octanol–water partition coefficient (Wildman–Crippen LogP) is 0.387. The van der Waals surface area contributed by atoms with E-state index in [2.05, 4.69) is 15.4 Å². The van der Waals surface area contributed by atoms with Crippen LogP contribution in [0.4, 0.5) is 0 Å². The smallest absolute Gasteiger partial charge is 0.191 e. The highest BCUT2D eigenvalue weighted by molar-refractivity contribution is 5.52. The number of hydrogen-bond donors (Lipinski definition) is 1. The van der Waals surface area contributed by atoms with Gasteiger partial charge in [-0.2, -0.15) is 5.48 Å². The predicted molar refractivity (Wildman–Crippen MR) is 39.7 cm³/mol. The Bertz CT molecular complexity index is 285. The lowest BCUT2D eigenvalue weighted by molar-refractivity contribution is 0.208. The summed E-state index contributed by atoms with van der Waals surface area (Å²) in [6.45, 7) is 0.691. The average Bonchev–Trinajstić information content (AvgIpc) is 2.28. The fraction of sp³-hybridized carbons (Fsp3) is 0.143. The third-order valence-corrected chi connectivity index (χ3v) is 1.37. The molecule has 0 amide bonds. The molecule has 2 rings (SSSR count). The Morgan fingerprint density at radius 3 is 3.55 bits per heavy atom. The summed E-state index contributed by atoms with van der Waals surface area (Å²) >= 11 is 0. The van der Waals surface area contributed by atoms with Gasteiger partial charge in [-0.25, -0.2) is 9.97 Å². The van der Waals surface area contributed by atoms with Gasteiger partial charge in [0.25, 0.3) is 0 Å². The molecule has 1 N–H and O–H groups in total. The van der Waals surface area contributed by atoms with E-state index >= 15 is 0 Å². The van der Waals surface area contributed by atoms with Crippen molar-refractivity contribution in [3.8, 4) is 5.75 Å². The van der Waals surface area contributed by atoms with Crippen LogP contribution < -0.4 is 10.3 Å². The first kappa shape index (κ1) is 6.30. The Kier molecular flexibility index (Phi) is 1.53. The van der Waals surface area contributed by atoms with Crippen LogP contribution >= 0.6 is 0 Å². The average molecular weight is 149 g/mol. The van der Waals surface area contributed by atoms with Crippen LogP contribution in [0.5, 0.6) is 5.75 Å². The van der Waals surface area contributed by atoms with E-state index < -0.39 is 0 Å². The van der Waals surface area contributed by atoms with Gasteiger partial charge in [-0.1, -0.05) is 6.08 Å². The van der Waals surface area contributed by atoms with Crippen molar-refractivity contribution >= 4 is 6.08 Å². The van der Waals surface area contributed by atoms with Crippen LogP contribution in [0.1, 0.15) is 5.69 Å². The molecule has 0 unspecified atom stereocenters. The van der Waals surface area contributed by atoms with E-state index in [0.717, 1.165) is 5.69 Å². The molecule has 1 aromatic rings. The van der Waals surface area contributed by atoms with E-state index in [1.165, 1.54) is 6.33 Å². The van der Waals surface area contributed by atoms with Crippen LogP contribution in [-0.4, -0.2) is 16.5 Å². The van der Waals surface area contributed by atoms with Crippen LogP contribution in [0.2, 0.25) is 0 Å². The lowest BCUT2D eigenvalue weighted by atomic mass is 10.3. The molecule has 2 heterocycles. The van der Waals surface area contributed by atoms with Crippen molar-refractivity contribution in [1.29, 1.82) is 0 Å². The lowest BCUT2D eigenvalue weighted by Gasteiger charge is -2.02. The van der Waals surface area contributed by atoms with Crippen molar-refractivity contribution in [3.05, 3.63) is 24.3 Å². The lowest BCUT2D eigenvalue weighted by Crippen LogP contribution is -2.17. The fourth-order valence-corrected chi connectivity index (χ4v) is 0.868. The number of aromatic nitrogens is 2. The normalized spacial score (nSPS) is 14.9. The van der Waals surface area contributed by atoms with E-state index in [1.54, 1.807) is 6.20 Å². The Hall–Kier alpha value is -1.42. The monoisotopic (exact) mass is 149 g/mol. The molecule has 0 spiro atoms. The third-order valence-electron chi connectivity index (χ3n) is 1.37. The zero-order chi connectivity index (χ0) is 7.52. The molecule has 1 aromatic heterocycles. The van der Waals surface area contributed by atoms with Crippen LogP contribution in [0.3, 0.4) is 0 Å². The summed E-state index contributed by atoms with van der Waals surface area (Å²) in [5.41, 5.74) is 3.55. The van der Waals surface area contributed by atoms with Gasteiger partial charge in [0.1, 0.15) is 12.0 Å². The van der Waals surface area contributed by atoms with Gasteiger partial charge in [-0.15, -0.1) is 0 Å². The zero-order valence-electron chi connectivity index (χ0n) is 5.82. The zero-order valence-corrected chi connectivity index (χ0v) is 5.82. The second kappa shape index (κ2) is 2.67. The van der Waals surface area contributed by atoms with Crippen molar-refractivity contribution < 1.29 is 4.84 Å². The molecule has 0 saturated carbocycles. The van der Waals surface area contributed by atoms with Crippen molar-refractivity contribution in [2.24, 2.45) is 0 Å². The minimum absolute atomic E-state index is 0.668. The topological polar surface area (TPSA) is 47.0 Å². The molecule has 0 saturated heterocycles. The summed E-state index contributed by atoms with van der Waals surface area (Å²) in [6.07, 6.45) is 6.97. The highest BCUT2D eigenvalue weighted by Crippen LogP contribution is 2.15. The maximum absolute atomic E-state index is 5.11. The first-order valence-corrected chi connectivity index (χ1v) is 3.33. The second-order valence-corrected chi connectivity index (χ2v) is 2.13. The van der Waals surface area contributed by atoms with Gasteiger partial charge in [-0.05, 0) is 6.08 Å². The van der Waals surface area contributed by atoms with E-state index in [0.29, 0.717) is 12.3 Å². The maximum atomic E-state index is 5.11. The standard InChI is InChI=1S/C7H7N3O/c1-2-6-7(11-10-3-1)4-8-5-9-6/h1-2,4-5,10H,3H2. The number of fused-ring (bicyclic) bond motifs is 1. The number of nitrogens with zero attached hydrogens (tertiary/aromatic N) is 2. The van der Waals surface area contributed by atoms with Crippen LogP contribution in [0.25, 0.3) is 6.08 Å². The summed E-state index contributed by atoms with van der Waals surface area (Å²) in [4.78, 5) is 13.0. The first-order chi connectivity index (χ1) is 5.47. The van der Waals surface area contributed by atoms with Gasteiger partial charge >= 0.3 is 0 Å². The number of hydrogen-bond acceptors (Lipinski definition) is 4. The van der Waals surface area contributed by atoms with Gasteiger partial charge in [0, 0.05) is 0 Å². The molecule has 0 fully saturated rings. The van der Waals surface area contributed by atoms with Crippen molar-refractivity contribution in [1.82, 2.24) is 15.4 Å². The molecule has 4 heteroatoms. The van der Waals surface area contributed by atoms with Crippen LogP contribution in [0, 0.1) is 0 Å². The summed E-state index contributed by atoms with van der Waals surface area (Å²) in [5, 5.41) is 0. The SMILES string of the molecule is C1=Cc2ncncc2ONC1. The van der Waals surface area contributed by atoms with Gasteiger partial charge in [0.15, 0.2) is 5.75 Å². The molecule has 56 valence electrons. The molecule has 0 radical (unpaired) electrons. The number of hydroxylamine groups is 1. The Morgan fingerprint density at radius 2 is 2.55 bits per heavy atom. The minimum atomic E-state index is 0.668. The van der Waals surface area contributed by atoms with Crippen LogP contribution in [-0.2, 0) is 0 Å². The van der Waals surface area contributed by atoms with Crippen molar-refractivity contribution in [2.75, 3.05) is 6.54 Å². The fourth-order valence-electron chi connectivity index (χ4n) is 0.868. The Morgan fingerprint density at radius 1 is 1.55 bits per heavy atom. The molecule has 0 aromatic carbocycles. The number of rotatable bonds is 0. The van der Waals surface area contributed by atoms with E-state index in [9.17, 15) is 0 Å². The first-order valence-electron chi connectivity index (χ1n) is 3.33. The van der Waals surface area contributed by atoms with Gasteiger partial charge in [0.05, 0.1) is 12.7 Å². The Labute approximate surface area is 63.9 Å². The van der Waals surface area contributed by atoms with Gasteiger partial charge in [0.2, 0.25) is 0 Å². The summed E-state index contributed by atoms with van der Waals surface area (Å²) in [6, 6.07) is 0. The molecular formula is C7H7N3O. The molecule has 1 aliphatic heterocycles. The quantitative estimate of drug-likeness (QED) is 0.579. The molecule has 0 bridgehead atoms.